The molecule has 2 heterocycles. The van der Waals surface area contributed by atoms with Gasteiger partial charge in [0.2, 0.25) is 0 Å². The lowest BCUT2D eigenvalue weighted by molar-refractivity contribution is 0.175. The number of likely N-dealkylation sites (tertiary alicyclic amines) is 1. The number of rotatable bonds is 5. The van der Waals surface area contributed by atoms with Crippen LogP contribution in [0.4, 0.5) is 0 Å². The SMILES string of the molecule is CC(C)CN1CCC(NC(C)c2ccc(=O)[nH]n2)CC1. The summed E-state index contributed by atoms with van der Waals surface area (Å²) in [5.41, 5.74) is 0.747. The Morgan fingerprint density at radius 1 is 1.35 bits per heavy atom. The molecule has 2 N–H and O–H groups in total. The van der Waals surface area contributed by atoms with Crippen LogP contribution in [0.1, 0.15) is 45.3 Å². The van der Waals surface area contributed by atoms with Crippen molar-refractivity contribution in [2.45, 2.75) is 45.7 Å². The highest BCUT2D eigenvalue weighted by Crippen LogP contribution is 2.16. The van der Waals surface area contributed by atoms with Crippen molar-refractivity contribution in [1.82, 2.24) is 20.4 Å². The van der Waals surface area contributed by atoms with Crippen LogP contribution < -0.4 is 10.9 Å². The Morgan fingerprint density at radius 3 is 2.60 bits per heavy atom. The number of nitrogens with zero attached hydrogens (tertiary/aromatic N) is 2. The minimum Gasteiger partial charge on any atom is -0.306 e. The van der Waals surface area contributed by atoms with E-state index in [-0.39, 0.29) is 11.6 Å². The van der Waals surface area contributed by atoms with Gasteiger partial charge in [0.05, 0.1) is 5.69 Å². The number of hydrogen-bond acceptors (Lipinski definition) is 4. The summed E-state index contributed by atoms with van der Waals surface area (Å²) in [5, 5.41) is 10.2. The van der Waals surface area contributed by atoms with Crippen molar-refractivity contribution < 1.29 is 0 Å². The molecule has 0 bridgehead atoms. The van der Waals surface area contributed by atoms with Gasteiger partial charge < -0.3 is 10.2 Å². The average Bonchev–Trinajstić information content (AvgIpc) is 2.41. The Labute approximate surface area is 120 Å². The molecule has 1 aliphatic heterocycles. The van der Waals surface area contributed by atoms with Crippen molar-refractivity contribution in [3.63, 3.8) is 0 Å². The van der Waals surface area contributed by atoms with Gasteiger partial charge in [0.25, 0.3) is 5.56 Å². The molecule has 112 valence electrons. The molecule has 5 heteroatoms. The van der Waals surface area contributed by atoms with Crippen LogP contribution in [0.3, 0.4) is 0 Å². The molecular weight excluding hydrogens is 252 g/mol. The zero-order chi connectivity index (χ0) is 14.5. The van der Waals surface area contributed by atoms with Gasteiger partial charge in [0.15, 0.2) is 0 Å². The second kappa shape index (κ2) is 6.99. The van der Waals surface area contributed by atoms with Crippen LogP contribution in [0, 0.1) is 5.92 Å². The number of nitrogens with one attached hydrogen (secondary N) is 2. The fourth-order valence-electron chi connectivity index (χ4n) is 2.83. The van der Waals surface area contributed by atoms with Gasteiger partial charge in [-0.05, 0) is 44.8 Å². The van der Waals surface area contributed by atoms with E-state index in [1.807, 2.05) is 0 Å². The normalized spacial score (nSPS) is 19.4. The van der Waals surface area contributed by atoms with E-state index < -0.39 is 0 Å². The minimum absolute atomic E-state index is 0.150. The van der Waals surface area contributed by atoms with Gasteiger partial charge in [-0.1, -0.05) is 13.8 Å². The lowest BCUT2D eigenvalue weighted by Gasteiger charge is -2.34. The smallest absolute Gasteiger partial charge is 0.264 e. The van der Waals surface area contributed by atoms with E-state index in [1.54, 1.807) is 6.07 Å². The second-order valence-corrected chi connectivity index (χ2v) is 6.20. The molecule has 1 aromatic heterocycles. The largest absolute Gasteiger partial charge is 0.306 e. The molecule has 2 rings (SSSR count). The maximum Gasteiger partial charge on any atom is 0.264 e. The van der Waals surface area contributed by atoms with Gasteiger partial charge in [-0.25, -0.2) is 5.10 Å². The summed E-state index contributed by atoms with van der Waals surface area (Å²) in [6, 6.07) is 4.05. The average molecular weight is 278 g/mol. The first-order valence-electron chi connectivity index (χ1n) is 7.58. The highest BCUT2D eigenvalue weighted by Gasteiger charge is 2.21. The molecular formula is C15H26N4O. The molecule has 0 spiro atoms. The molecule has 0 saturated carbocycles. The topological polar surface area (TPSA) is 61.0 Å². The molecule has 1 fully saturated rings. The predicted molar refractivity (Wildman–Crippen MR) is 80.7 cm³/mol. The first-order valence-corrected chi connectivity index (χ1v) is 7.58. The zero-order valence-corrected chi connectivity index (χ0v) is 12.7. The summed E-state index contributed by atoms with van der Waals surface area (Å²) in [5.74, 6) is 0.740. The summed E-state index contributed by atoms with van der Waals surface area (Å²) in [7, 11) is 0. The number of piperidine rings is 1. The van der Waals surface area contributed by atoms with Crippen molar-refractivity contribution in [1.29, 1.82) is 0 Å². The first-order chi connectivity index (χ1) is 9.54. The quantitative estimate of drug-likeness (QED) is 0.858. The van der Waals surface area contributed by atoms with E-state index >= 15 is 0 Å². The van der Waals surface area contributed by atoms with E-state index in [0.717, 1.165) is 11.6 Å². The van der Waals surface area contributed by atoms with E-state index in [2.05, 4.69) is 41.2 Å². The van der Waals surface area contributed by atoms with Gasteiger partial charge in [-0.2, -0.15) is 5.10 Å². The Hall–Kier alpha value is -1.20. The zero-order valence-electron chi connectivity index (χ0n) is 12.7. The van der Waals surface area contributed by atoms with Crippen LogP contribution in [-0.4, -0.2) is 40.8 Å². The summed E-state index contributed by atoms with van der Waals surface area (Å²) < 4.78 is 0. The standard InChI is InChI=1S/C15H26N4O/c1-11(2)10-19-8-6-13(7-9-19)16-12(3)14-4-5-15(20)18-17-14/h4-5,11-13,16H,6-10H2,1-3H3,(H,18,20). The van der Waals surface area contributed by atoms with E-state index in [0.29, 0.717) is 6.04 Å². The van der Waals surface area contributed by atoms with Gasteiger partial charge in [-0.15, -0.1) is 0 Å². The molecule has 5 nitrogen and oxygen atoms in total. The number of hydrogen-bond donors (Lipinski definition) is 2. The summed E-state index contributed by atoms with van der Waals surface area (Å²) in [6.07, 6.45) is 2.36. The van der Waals surface area contributed by atoms with Gasteiger partial charge in [0, 0.05) is 24.7 Å². The third-order valence-electron chi connectivity index (χ3n) is 3.84. The second-order valence-electron chi connectivity index (χ2n) is 6.20. The lowest BCUT2D eigenvalue weighted by Crippen LogP contribution is -2.44. The first kappa shape index (κ1) is 15.2. The number of H-pyrrole nitrogens is 1. The van der Waals surface area contributed by atoms with E-state index in [1.165, 1.54) is 38.5 Å². The van der Waals surface area contributed by atoms with E-state index in [4.69, 9.17) is 0 Å². The minimum atomic E-state index is -0.150. The molecule has 0 radical (unpaired) electrons. The van der Waals surface area contributed by atoms with Gasteiger partial charge >= 0.3 is 0 Å². The molecule has 0 aromatic carbocycles. The van der Waals surface area contributed by atoms with Crippen LogP contribution in [0.25, 0.3) is 0 Å². The van der Waals surface area contributed by atoms with Crippen LogP contribution >= 0.6 is 0 Å². The molecule has 1 aliphatic rings. The van der Waals surface area contributed by atoms with Crippen LogP contribution in [0.15, 0.2) is 16.9 Å². The Balaban J connectivity index is 1.80. The Bertz CT molecular complexity index is 443. The third-order valence-corrected chi connectivity index (χ3v) is 3.84. The summed E-state index contributed by atoms with van der Waals surface area (Å²) in [4.78, 5) is 13.6. The van der Waals surface area contributed by atoms with E-state index in [9.17, 15) is 4.79 Å². The molecule has 1 saturated heterocycles. The highest BCUT2D eigenvalue weighted by molar-refractivity contribution is 5.04. The maximum absolute atomic E-state index is 11.0. The lowest BCUT2D eigenvalue weighted by atomic mass is 10.0. The Kier molecular flexibility index (Phi) is 5.31. The molecule has 20 heavy (non-hydrogen) atoms. The maximum atomic E-state index is 11.0. The third kappa shape index (κ3) is 4.42. The van der Waals surface area contributed by atoms with Gasteiger partial charge in [-0.3, -0.25) is 4.79 Å². The van der Waals surface area contributed by atoms with Gasteiger partial charge in [0.1, 0.15) is 0 Å². The molecule has 0 amide bonds. The summed E-state index contributed by atoms with van der Waals surface area (Å²) >= 11 is 0. The van der Waals surface area contributed by atoms with Crippen molar-refractivity contribution in [2.24, 2.45) is 5.92 Å². The van der Waals surface area contributed by atoms with Crippen LogP contribution in [-0.2, 0) is 0 Å². The highest BCUT2D eigenvalue weighted by atomic mass is 16.1. The number of aromatic nitrogens is 2. The Morgan fingerprint density at radius 2 is 2.05 bits per heavy atom. The van der Waals surface area contributed by atoms with Crippen LogP contribution in [0.2, 0.25) is 0 Å². The van der Waals surface area contributed by atoms with Crippen molar-refractivity contribution in [3.05, 3.63) is 28.2 Å². The summed E-state index contributed by atoms with van der Waals surface area (Å²) in [6.45, 7) is 10.2. The molecule has 0 aliphatic carbocycles. The number of aromatic amines is 1. The molecule has 1 atom stereocenters. The van der Waals surface area contributed by atoms with Crippen LogP contribution in [0.5, 0.6) is 0 Å². The van der Waals surface area contributed by atoms with Crippen molar-refractivity contribution >= 4 is 0 Å². The van der Waals surface area contributed by atoms with Crippen molar-refractivity contribution in [3.8, 4) is 0 Å². The molecule has 1 aromatic rings. The monoisotopic (exact) mass is 278 g/mol. The molecule has 1 unspecified atom stereocenters. The fourth-order valence-corrected chi connectivity index (χ4v) is 2.83. The fraction of sp³-hybridized carbons (Fsp3) is 0.733. The van der Waals surface area contributed by atoms with Crippen molar-refractivity contribution in [2.75, 3.05) is 19.6 Å². The predicted octanol–water partition coefficient (Wildman–Crippen LogP) is 1.54.